The minimum Gasteiger partial charge on any atom is -0.335 e. The summed E-state index contributed by atoms with van der Waals surface area (Å²) in [6, 6.07) is 14.2. The van der Waals surface area contributed by atoms with E-state index in [1.165, 1.54) is 12.1 Å². The number of carbonyl (C=O) groups excluding carboxylic acids is 1. The topological polar surface area (TPSA) is 20.3 Å². The van der Waals surface area contributed by atoms with Gasteiger partial charge in [0.15, 0.2) is 0 Å². The molecule has 2 nitrogen and oxygen atoms in total. The molecule has 2 rings (SSSR count). The number of carbonyl (C=O) groups is 1. The van der Waals surface area contributed by atoms with Gasteiger partial charge in [-0.25, -0.2) is 4.39 Å². The van der Waals surface area contributed by atoms with Crippen LogP contribution in [0, 0.1) is 5.82 Å². The standard InChI is InChI=1S/C16H15BrFNO/c1-2-19(11-12-6-4-3-5-7-12)16(20)14-9-8-13(17)10-15(14)18/h3-10H,2,11H2,1H3. The number of hydrogen-bond acceptors (Lipinski definition) is 1. The third-order valence-corrected chi connectivity index (χ3v) is 3.54. The zero-order valence-electron chi connectivity index (χ0n) is 11.1. The Morgan fingerprint density at radius 1 is 1.20 bits per heavy atom. The van der Waals surface area contributed by atoms with Gasteiger partial charge in [-0.3, -0.25) is 4.79 Å². The number of hydrogen-bond donors (Lipinski definition) is 0. The first kappa shape index (κ1) is 14.7. The lowest BCUT2D eigenvalue weighted by Crippen LogP contribution is -2.30. The maximum absolute atomic E-state index is 13.9. The fraction of sp³-hybridized carbons (Fsp3) is 0.188. The minimum atomic E-state index is -0.504. The Labute approximate surface area is 126 Å². The molecule has 0 aliphatic heterocycles. The highest BCUT2D eigenvalue weighted by Crippen LogP contribution is 2.18. The highest BCUT2D eigenvalue weighted by Gasteiger charge is 2.18. The SMILES string of the molecule is CCN(Cc1ccccc1)C(=O)c1ccc(Br)cc1F. The summed E-state index contributed by atoms with van der Waals surface area (Å²) in [5.74, 6) is -0.794. The Bertz CT molecular complexity index is 601. The lowest BCUT2D eigenvalue weighted by atomic mass is 10.1. The van der Waals surface area contributed by atoms with E-state index in [-0.39, 0.29) is 11.5 Å². The third kappa shape index (κ3) is 3.45. The van der Waals surface area contributed by atoms with E-state index in [1.54, 1.807) is 11.0 Å². The molecule has 0 fully saturated rings. The second-order valence-electron chi connectivity index (χ2n) is 4.43. The Balaban J connectivity index is 2.21. The predicted octanol–water partition coefficient (Wildman–Crippen LogP) is 4.25. The van der Waals surface area contributed by atoms with Crippen molar-refractivity contribution in [2.24, 2.45) is 0 Å². The fourth-order valence-electron chi connectivity index (χ4n) is 1.96. The van der Waals surface area contributed by atoms with Crippen LogP contribution in [0.15, 0.2) is 53.0 Å². The van der Waals surface area contributed by atoms with Gasteiger partial charge >= 0.3 is 0 Å². The van der Waals surface area contributed by atoms with E-state index >= 15 is 0 Å². The minimum absolute atomic E-state index is 0.103. The summed E-state index contributed by atoms with van der Waals surface area (Å²) in [4.78, 5) is 14.0. The van der Waals surface area contributed by atoms with Gasteiger partial charge in [0.1, 0.15) is 5.82 Å². The molecular formula is C16H15BrFNO. The maximum Gasteiger partial charge on any atom is 0.257 e. The van der Waals surface area contributed by atoms with Gasteiger partial charge in [0.2, 0.25) is 0 Å². The molecule has 0 saturated heterocycles. The van der Waals surface area contributed by atoms with E-state index in [0.29, 0.717) is 17.6 Å². The molecule has 4 heteroatoms. The van der Waals surface area contributed by atoms with Crippen molar-refractivity contribution in [3.8, 4) is 0 Å². The van der Waals surface area contributed by atoms with Crippen LogP contribution >= 0.6 is 15.9 Å². The first-order valence-corrected chi connectivity index (χ1v) is 7.19. The number of benzene rings is 2. The van der Waals surface area contributed by atoms with Gasteiger partial charge in [0, 0.05) is 17.6 Å². The monoisotopic (exact) mass is 335 g/mol. The summed E-state index contributed by atoms with van der Waals surface area (Å²) in [6.45, 7) is 2.90. The van der Waals surface area contributed by atoms with Crippen LogP contribution < -0.4 is 0 Å². The summed E-state index contributed by atoms with van der Waals surface area (Å²) >= 11 is 3.19. The van der Waals surface area contributed by atoms with E-state index in [9.17, 15) is 9.18 Å². The molecular weight excluding hydrogens is 321 g/mol. The summed E-state index contributed by atoms with van der Waals surface area (Å²) in [7, 11) is 0. The number of halogens is 2. The third-order valence-electron chi connectivity index (χ3n) is 3.05. The van der Waals surface area contributed by atoms with Crippen molar-refractivity contribution < 1.29 is 9.18 Å². The summed E-state index contributed by atoms with van der Waals surface area (Å²) in [5.41, 5.74) is 1.13. The Morgan fingerprint density at radius 3 is 2.50 bits per heavy atom. The fourth-order valence-corrected chi connectivity index (χ4v) is 2.30. The summed E-state index contributed by atoms with van der Waals surface area (Å²) < 4.78 is 14.5. The van der Waals surface area contributed by atoms with Crippen LogP contribution in [0.5, 0.6) is 0 Å². The van der Waals surface area contributed by atoms with Crippen LogP contribution in [-0.4, -0.2) is 17.4 Å². The Kier molecular flexibility index (Phi) is 4.90. The van der Waals surface area contributed by atoms with Crippen LogP contribution in [0.1, 0.15) is 22.8 Å². The van der Waals surface area contributed by atoms with Gasteiger partial charge in [-0.1, -0.05) is 46.3 Å². The molecule has 2 aromatic carbocycles. The highest BCUT2D eigenvalue weighted by atomic mass is 79.9. The molecule has 0 aliphatic carbocycles. The molecule has 0 saturated carbocycles. The van der Waals surface area contributed by atoms with Crippen molar-refractivity contribution in [1.82, 2.24) is 4.90 Å². The molecule has 20 heavy (non-hydrogen) atoms. The molecule has 2 aromatic rings. The van der Waals surface area contributed by atoms with Crippen molar-refractivity contribution in [2.75, 3.05) is 6.54 Å². The largest absolute Gasteiger partial charge is 0.335 e. The highest BCUT2D eigenvalue weighted by molar-refractivity contribution is 9.10. The molecule has 104 valence electrons. The van der Waals surface area contributed by atoms with Crippen LogP contribution in [0.4, 0.5) is 4.39 Å². The van der Waals surface area contributed by atoms with Gasteiger partial charge < -0.3 is 4.90 Å². The van der Waals surface area contributed by atoms with E-state index in [0.717, 1.165) is 5.56 Å². The lowest BCUT2D eigenvalue weighted by molar-refractivity contribution is 0.0748. The van der Waals surface area contributed by atoms with Crippen molar-refractivity contribution in [2.45, 2.75) is 13.5 Å². The summed E-state index contributed by atoms with van der Waals surface area (Å²) in [5, 5.41) is 0. The van der Waals surface area contributed by atoms with Crippen molar-refractivity contribution in [3.63, 3.8) is 0 Å². The molecule has 0 heterocycles. The van der Waals surface area contributed by atoms with E-state index in [4.69, 9.17) is 0 Å². The average Bonchev–Trinajstić information content (AvgIpc) is 2.45. The van der Waals surface area contributed by atoms with E-state index in [2.05, 4.69) is 15.9 Å². The smallest absolute Gasteiger partial charge is 0.257 e. The number of nitrogens with zero attached hydrogens (tertiary/aromatic N) is 1. The second-order valence-corrected chi connectivity index (χ2v) is 5.34. The van der Waals surface area contributed by atoms with Crippen molar-refractivity contribution in [1.29, 1.82) is 0 Å². The molecule has 1 amide bonds. The number of rotatable bonds is 4. The zero-order chi connectivity index (χ0) is 14.5. The van der Waals surface area contributed by atoms with Crippen LogP contribution in [0.25, 0.3) is 0 Å². The quantitative estimate of drug-likeness (QED) is 0.817. The zero-order valence-corrected chi connectivity index (χ0v) is 12.7. The molecule has 0 spiro atoms. The first-order valence-electron chi connectivity index (χ1n) is 6.40. The average molecular weight is 336 g/mol. The summed E-state index contributed by atoms with van der Waals surface area (Å²) in [6.07, 6.45) is 0. The van der Waals surface area contributed by atoms with Crippen LogP contribution in [-0.2, 0) is 6.54 Å². The van der Waals surface area contributed by atoms with E-state index in [1.807, 2.05) is 37.3 Å². The normalized spacial score (nSPS) is 10.3. The molecule has 0 radical (unpaired) electrons. The van der Waals surface area contributed by atoms with E-state index < -0.39 is 5.82 Å². The molecule has 0 unspecified atom stereocenters. The van der Waals surface area contributed by atoms with Gasteiger partial charge in [-0.15, -0.1) is 0 Å². The number of amides is 1. The van der Waals surface area contributed by atoms with Crippen LogP contribution in [0.3, 0.4) is 0 Å². The van der Waals surface area contributed by atoms with Crippen molar-refractivity contribution >= 4 is 21.8 Å². The molecule has 0 bridgehead atoms. The molecule has 0 N–H and O–H groups in total. The molecule has 0 aromatic heterocycles. The first-order chi connectivity index (χ1) is 9.61. The van der Waals surface area contributed by atoms with Crippen molar-refractivity contribution in [3.05, 3.63) is 69.9 Å². The predicted molar refractivity (Wildman–Crippen MR) is 81.0 cm³/mol. The maximum atomic E-state index is 13.9. The Morgan fingerprint density at radius 2 is 1.90 bits per heavy atom. The molecule has 0 atom stereocenters. The Hall–Kier alpha value is -1.68. The van der Waals surface area contributed by atoms with Gasteiger partial charge in [-0.05, 0) is 30.7 Å². The van der Waals surface area contributed by atoms with Gasteiger partial charge in [-0.2, -0.15) is 0 Å². The molecule has 0 aliphatic rings. The second kappa shape index (κ2) is 6.66. The van der Waals surface area contributed by atoms with Gasteiger partial charge in [0.05, 0.1) is 5.56 Å². The lowest BCUT2D eigenvalue weighted by Gasteiger charge is -2.21. The van der Waals surface area contributed by atoms with Gasteiger partial charge in [0.25, 0.3) is 5.91 Å². The van der Waals surface area contributed by atoms with Crippen LogP contribution in [0.2, 0.25) is 0 Å².